The molecule has 0 aromatic heterocycles. The van der Waals surface area contributed by atoms with Crippen molar-refractivity contribution in [2.45, 2.75) is 6.92 Å². The van der Waals surface area contributed by atoms with Crippen LogP contribution in [0.15, 0.2) is 12.1 Å². The molecule has 15 heavy (non-hydrogen) atoms. The summed E-state index contributed by atoms with van der Waals surface area (Å²) >= 11 is 5.24. The first kappa shape index (κ1) is 11.3. The zero-order chi connectivity index (χ0) is 11.6. The van der Waals surface area contributed by atoms with E-state index in [1.54, 1.807) is 0 Å². The van der Waals surface area contributed by atoms with E-state index in [0.29, 0.717) is 11.8 Å². The molecule has 1 aromatic rings. The van der Waals surface area contributed by atoms with Crippen molar-refractivity contribution in [2.24, 2.45) is 0 Å². The van der Waals surface area contributed by atoms with Gasteiger partial charge in [0.05, 0.1) is 4.92 Å². The standard InChI is InChI=1S/C9H6ClNO4/c1-5-6(4-12)2-7(11(14)15)3-8(5)9(10)13/h2-4H,1H3. The van der Waals surface area contributed by atoms with E-state index in [9.17, 15) is 19.7 Å². The zero-order valence-electron chi connectivity index (χ0n) is 7.69. The Bertz CT molecular complexity index is 456. The van der Waals surface area contributed by atoms with Crippen molar-refractivity contribution in [1.82, 2.24) is 0 Å². The molecule has 5 nitrogen and oxygen atoms in total. The Kier molecular flexibility index (Phi) is 3.16. The predicted octanol–water partition coefficient (Wildman–Crippen LogP) is 2.09. The number of carbonyl (C=O) groups excluding carboxylic acids is 2. The summed E-state index contributed by atoms with van der Waals surface area (Å²) in [5, 5.41) is 9.67. The average Bonchev–Trinajstić information content (AvgIpc) is 2.17. The van der Waals surface area contributed by atoms with Crippen molar-refractivity contribution < 1.29 is 14.5 Å². The molecule has 0 N–H and O–H groups in total. The molecule has 78 valence electrons. The maximum Gasteiger partial charge on any atom is 0.270 e. The maximum absolute atomic E-state index is 10.9. The molecule has 0 amide bonds. The van der Waals surface area contributed by atoms with Gasteiger partial charge in [-0.25, -0.2) is 0 Å². The SMILES string of the molecule is Cc1c(C=O)cc([N+](=O)[O-])cc1C(=O)Cl. The van der Waals surface area contributed by atoms with Gasteiger partial charge in [-0.2, -0.15) is 0 Å². The van der Waals surface area contributed by atoms with Crippen LogP contribution in [0.3, 0.4) is 0 Å². The number of benzene rings is 1. The van der Waals surface area contributed by atoms with Gasteiger partial charge < -0.3 is 0 Å². The summed E-state index contributed by atoms with van der Waals surface area (Å²) in [5.41, 5.74) is 0.0865. The largest absolute Gasteiger partial charge is 0.298 e. The van der Waals surface area contributed by atoms with Gasteiger partial charge in [-0.15, -0.1) is 0 Å². The van der Waals surface area contributed by atoms with Gasteiger partial charge in [-0.05, 0) is 24.1 Å². The lowest BCUT2D eigenvalue weighted by Crippen LogP contribution is -2.01. The average molecular weight is 228 g/mol. The van der Waals surface area contributed by atoms with Gasteiger partial charge in [0.25, 0.3) is 10.9 Å². The summed E-state index contributed by atoms with van der Waals surface area (Å²) in [7, 11) is 0. The third kappa shape index (κ3) is 2.19. The molecule has 0 atom stereocenters. The van der Waals surface area contributed by atoms with Gasteiger partial charge >= 0.3 is 0 Å². The molecular formula is C9H6ClNO4. The fourth-order valence-electron chi connectivity index (χ4n) is 1.15. The second kappa shape index (κ2) is 4.18. The summed E-state index contributed by atoms with van der Waals surface area (Å²) in [5.74, 6) is 0. The number of non-ortho nitro benzene ring substituents is 1. The zero-order valence-corrected chi connectivity index (χ0v) is 8.45. The van der Waals surface area contributed by atoms with Crippen molar-refractivity contribution in [2.75, 3.05) is 0 Å². The normalized spacial score (nSPS) is 9.73. The number of nitro benzene ring substituents is 1. The van der Waals surface area contributed by atoms with Gasteiger partial charge in [0.15, 0.2) is 6.29 Å². The molecule has 0 saturated carbocycles. The van der Waals surface area contributed by atoms with E-state index in [2.05, 4.69) is 0 Å². The molecule has 0 saturated heterocycles. The van der Waals surface area contributed by atoms with Gasteiger partial charge in [0, 0.05) is 23.3 Å². The first-order chi connectivity index (χ1) is 6.97. The highest BCUT2D eigenvalue weighted by Crippen LogP contribution is 2.22. The number of hydrogen-bond donors (Lipinski definition) is 0. The number of halogens is 1. The Labute approximate surface area is 89.8 Å². The molecule has 0 bridgehead atoms. The number of nitro groups is 1. The fourth-order valence-corrected chi connectivity index (χ4v) is 1.35. The van der Waals surface area contributed by atoms with E-state index in [4.69, 9.17) is 11.6 Å². The Morgan fingerprint density at radius 3 is 2.53 bits per heavy atom. The highest BCUT2D eigenvalue weighted by molar-refractivity contribution is 6.68. The highest BCUT2D eigenvalue weighted by atomic mass is 35.5. The van der Waals surface area contributed by atoms with Gasteiger partial charge in [0.2, 0.25) is 0 Å². The molecule has 0 radical (unpaired) electrons. The first-order valence-corrected chi connectivity index (χ1v) is 4.29. The number of aldehydes is 1. The molecular weight excluding hydrogens is 222 g/mol. The summed E-state index contributed by atoms with van der Waals surface area (Å²) < 4.78 is 0. The van der Waals surface area contributed by atoms with Crippen molar-refractivity contribution in [3.63, 3.8) is 0 Å². The van der Waals surface area contributed by atoms with E-state index >= 15 is 0 Å². The van der Waals surface area contributed by atoms with Crippen molar-refractivity contribution in [1.29, 1.82) is 0 Å². The Balaban J connectivity index is 3.51. The second-order valence-corrected chi connectivity index (χ2v) is 3.20. The molecule has 0 unspecified atom stereocenters. The van der Waals surface area contributed by atoms with E-state index in [-0.39, 0.29) is 16.8 Å². The summed E-state index contributed by atoms with van der Waals surface area (Å²) in [4.78, 5) is 31.3. The molecule has 1 aromatic carbocycles. The lowest BCUT2D eigenvalue weighted by atomic mass is 10.0. The van der Waals surface area contributed by atoms with Gasteiger partial charge in [-0.3, -0.25) is 19.7 Å². The van der Waals surface area contributed by atoms with E-state index in [1.807, 2.05) is 0 Å². The summed E-state index contributed by atoms with van der Waals surface area (Å²) in [6.07, 6.45) is 0.450. The third-order valence-corrected chi connectivity index (χ3v) is 2.19. The smallest absolute Gasteiger partial charge is 0.270 e. The molecule has 0 heterocycles. The van der Waals surface area contributed by atoms with Crippen LogP contribution in [0.1, 0.15) is 26.3 Å². The van der Waals surface area contributed by atoms with E-state index < -0.39 is 10.2 Å². The van der Waals surface area contributed by atoms with Crippen LogP contribution in [0.2, 0.25) is 0 Å². The number of hydrogen-bond acceptors (Lipinski definition) is 4. The van der Waals surface area contributed by atoms with E-state index in [1.165, 1.54) is 6.92 Å². The number of rotatable bonds is 3. The monoisotopic (exact) mass is 227 g/mol. The van der Waals surface area contributed by atoms with Crippen LogP contribution in [-0.4, -0.2) is 16.5 Å². The highest BCUT2D eigenvalue weighted by Gasteiger charge is 2.16. The lowest BCUT2D eigenvalue weighted by molar-refractivity contribution is -0.384. The molecule has 0 aliphatic rings. The minimum atomic E-state index is -0.820. The Morgan fingerprint density at radius 1 is 1.53 bits per heavy atom. The Morgan fingerprint density at radius 2 is 2.13 bits per heavy atom. The van der Waals surface area contributed by atoms with Crippen molar-refractivity contribution in [3.05, 3.63) is 38.9 Å². The second-order valence-electron chi connectivity index (χ2n) is 2.86. The molecule has 0 aliphatic heterocycles. The van der Waals surface area contributed by atoms with Crippen LogP contribution < -0.4 is 0 Å². The maximum atomic E-state index is 10.9. The van der Waals surface area contributed by atoms with Crippen molar-refractivity contribution >= 4 is 28.8 Å². The van der Waals surface area contributed by atoms with Crippen LogP contribution >= 0.6 is 11.6 Å². The first-order valence-electron chi connectivity index (χ1n) is 3.91. The molecule has 6 heteroatoms. The van der Waals surface area contributed by atoms with E-state index in [0.717, 1.165) is 12.1 Å². The number of carbonyl (C=O) groups is 2. The summed E-state index contributed by atoms with van der Waals surface area (Å²) in [6.45, 7) is 1.50. The number of nitrogens with zero attached hydrogens (tertiary/aromatic N) is 1. The summed E-state index contributed by atoms with van der Waals surface area (Å²) in [6, 6.07) is 2.16. The fraction of sp³-hybridized carbons (Fsp3) is 0.111. The molecule has 1 rings (SSSR count). The molecule has 0 fully saturated rings. The topological polar surface area (TPSA) is 77.3 Å². The minimum Gasteiger partial charge on any atom is -0.298 e. The van der Waals surface area contributed by atoms with Crippen LogP contribution in [0.5, 0.6) is 0 Å². The van der Waals surface area contributed by atoms with Crippen LogP contribution in [0.4, 0.5) is 5.69 Å². The van der Waals surface area contributed by atoms with Crippen molar-refractivity contribution in [3.8, 4) is 0 Å². The minimum absolute atomic E-state index is 0.0204. The lowest BCUT2D eigenvalue weighted by Gasteiger charge is -2.03. The van der Waals surface area contributed by atoms with Gasteiger partial charge in [-0.1, -0.05) is 0 Å². The van der Waals surface area contributed by atoms with Crippen LogP contribution in [-0.2, 0) is 0 Å². The van der Waals surface area contributed by atoms with Crippen LogP contribution in [0, 0.1) is 17.0 Å². The molecule has 0 aliphatic carbocycles. The quantitative estimate of drug-likeness (QED) is 0.343. The molecule has 0 spiro atoms. The van der Waals surface area contributed by atoms with Crippen LogP contribution in [0.25, 0.3) is 0 Å². The Hall–Kier alpha value is -1.75. The predicted molar refractivity (Wildman–Crippen MR) is 53.4 cm³/mol. The van der Waals surface area contributed by atoms with Gasteiger partial charge in [0.1, 0.15) is 0 Å². The third-order valence-electron chi connectivity index (χ3n) is 1.98.